The highest BCUT2D eigenvalue weighted by atomic mass is 32.2. The van der Waals surface area contributed by atoms with Crippen molar-refractivity contribution in [3.05, 3.63) is 23.8 Å². The number of methoxy groups -OCH3 is 1. The first kappa shape index (κ1) is 17.8. The van der Waals surface area contributed by atoms with E-state index < -0.39 is 9.84 Å². The molecule has 1 N–H and O–H groups in total. The molecule has 1 aromatic carbocycles. The molecule has 0 amide bonds. The van der Waals surface area contributed by atoms with Crippen molar-refractivity contribution in [2.45, 2.75) is 32.9 Å². The van der Waals surface area contributed by atoms with Gasteiger partial charge in [-0.2, -0.15) is 0 Å². The molecule has 0 heterocycles. The average molecular weight is 315 g/mol. The lowest BCUT2D eigenvalue weighted by atomic mass is 10.2. The maximum Gasteiger partial charge on any atom is 0.161 e. The van der Waals surface area contributed by atoms with E-state index in [-0.39, 0.29) is 5.75 Å². The van der Waals surface area contributed by atoms with Gasteiger partial charge in [0, 0.05) is 18.8 Å². The summed E-state index contributed by atoms with van der Waals surface area (Å²) in [5.41, 5.74) is 1.11. The summed E-state index contributed by atoms with van der Waals surface area (Å²) in [6.45, 7) is 5.31. The van der Waals surface area contributed by atoms with E-state index >= 15 is 0 Å². The Hall–Kier alpha value is -1.27. The summed E-state index contributed by atoms with van der Waals surface area (Å²) in [7, 11) is -1.34. The van der Waals surface area contributed by atoms with Gasteiger partial charge in [0.15, 0.2) is 11.5 Å². The molecular weight excluding hydrogens is 290 g/mol. The maximum absolute atomic E-state index is 11.1. The molecule has 0 aromatic heterocycles. The Morgan fingerprint density at radius 1 is 1.24 bits per heavy atom. The zero-order valence-electron chi connectivity index (χ0n) is 13.2. The minimum atomic E-state index is -2.94. The van der Waals surface area contributed by atoms with Crippen molar-refractivity contribution in [1.29, 1.82) is 0 Å². The lowest BCUT2D eigenvalue weighted by Gasteiger charge is -2.13. The molecule has 0 saturated heterocycles. The van der Waals surface area contributed by atoms with Gasteiger partial charge in [0.25, 0.3) is 0 Å². The first-order chi connectivity index (χ1) is 9.81. The molecule has 0 atom stereocenters. The van der Waals surface area contributed by atoms with Gasteiger partial charge in [-0.05, 0) is 24.1 Å². The van der Waals surface area contributed by atoms with Crippen LogP contribution in [0.1, 0.15) is 25.8 Å². The first-order valence-electron chi connectivity index (χ1n) is 7.02. The van der Waals surface area contributed by atoms with Crippen molar-refractivity contribution in [3.8, 4) is 11.5 Å². The Bertz CT molecular complexity index is 541. The third kappa shape index (κ3) is 7.34. The molecule has 0 saturated carbocycles. The van der Waals surface area contributed by atoms with Gasteiger partial charge in [0.1, 0.15) is 9.84 Å². The SMILES string of the molecule is COc1cc(CNC(C)C)ccc1OCCCS(C)(=O)=O. The van der Waals surface area contributed by atoms with Gasteiger partial charge in [0.2, 0.25) is 0 Å². The summed E-state index contributed by atoms with van der Waals surface area (Å²) in [5.74, 6) is 1.43. The van der Waals surface area contributed by atoms with Crippen LogP contribution in [0.2, 0.25) is 0 Å². The van der Waals surface area contributed by atoms with Crippen molar-refractivity contribution in [3.63, 3.8) is 0 Å². The molecular formula is C15H25NO4S. The van der Waals surface area contributed by atoms with Crippen LogP contribution in [-0.4, -0.2) is 40.2 Å². The first-order valence-corrected chi connectivity index (χ1v) is 9.08. The van der Waals surface area contributed by atoms with E-state index in [4.69, 9.17) is 9.47 Å². The topological polar surface area (TPSA) is 64.6 Å². The number of ether oxygens (including phenoxy) is 2. The molecule has 0 spiro atoms. The monoisotopic (exact) mass is 315 g/mol. The standard InChI is InChI=1S/C15H25NO4S/c1-12(2)16-11-13-6-7-14(15(10-13)19-3)20-8-5-9-21(4,17)18/h6-7,10,12,16H,5,8-9,11H2,1-4H3. The fourth-order valence-electron chi connectivity index (χ4n) is 1.77. The van der Waals surface area contributed by atoms with Gasteiger partial charge >= 0.3 is 0 Å². The van der Waals surface area contributed by atoms with Crippen molar-refractivity contribution in [2.24, 2.45) is 0 Å². The number of sulfone groups is 1. The van der Waals surface area contributed by atoms with Gasteiger partial charge in [-0.15, -0.1) is 0 Å². The average Bonchev–Trinajstić information content (AvgIpc) is 2.40. The number of benzene rings is 1. The third-order valence-electron chi connectivity index (χ3n) is 2.86. The lowest BCUT2D eigenvalue weighted by molar-refractivity contribution is 0.294. The van der Waals surface area contributed by atoms with Crippen molar-refractivity contribution in [1.82, 2.24) is 5.32 Å². The Kier molecular flexibility index (Phi) is 6.98. The van der Waals surface area contributed by atoms with Crippen LogP contribution in [0.4, 0.5) is 0 Å². The second-order valence-corrected chi connectivity index (χ2v) is 7.61. The van der Waals surface area contributed by atoms with Gasteiger partial charge in [-0.1, -0.05) is 19.9 Å². The molecule has 1 aromatic rings. The fourth-order valence-corrected chi connectivity index (χ4v) is 2.41. The van der Waals surface area contributed by atoms with Gasteiger partial charge in [-0.3, -0.25) is 0 Å². The molecule has 5 nitrogen and oxygen atoms in total. The Morgan fingerprint density at radius 3 is 2.52 bits per heavy atom. The molecule has 1 rings (SSSR count). The van der Waals surface area contributed by atoms with Crippen molar-refractivity contribution < 1.29 is 17.9 Å². The highest BCUT2D eigenvalue weighted by Gasteiger charge is 2.07. The van der Waals surface area contributed by atoms with Crippen LogP contribution in [0.5, 0.6) is 11.5 Å². The predicted molar refractivity (Wildman–Crippen MR) is 84.8 cm³/mol. The summed E-state index contributed by atoms with van der Waals surface area (Å²) >= 11 is 0. The van der Waals surface area contributed by atoms with Crippen LogP contribution in [-0.2, 0) is 16.4 Å². The number of rotatable bonds is 9. The highest BCUT2D eigenvalue weighted by molar-refractivity contribution is 7.90. The fraction of sp³-hybridized carbons (Fsp3) is 0.600. The molecule has 0 radical (unpaired) electrons. The number of hydrogen-bond acceptors (Lipinski definition) is 5. The zero-order valence-corrected chi connectivity index (χ0v) is 14.0. The van der Waals surface area contributed by atoms with Crippen LogP contribution in [0, 0.1) is 0 Å². The van der Waals surface area contributed by atoms with Gasteiger partial charge in [-0.25, -0.2) is 8.42 Å². The summed E-state index contributed by atoms with van der Waals surface area (Å²) in [6, 6.07) is 6.18. The molecule has 120 valence electrons. The minimum Gasteiger partial charge on any atom is -0.493 e. The Labute approximate surface area is 127 Å². The molecule has 0 unspecified atom stereocenters. The molecule has 0 aliphatic heterocycles. The zero-order chi connectivity index (χ0) is 15.9. The summed E-state index contributed by atoms with van der Waals surface area (Å²) in [6.07, 6.45) is 1.70. The molecule has 0 fully saturated rings. The highest BCUT2D eigenvalue weighted by Crippen LogP contribution is 2.28. The van der Waals surface area contributed by atoms with Crippen molar-refractivity contribution in [2.75, 3.05) is 25.7 Å². The summed E-state index contributed by atoms with van der Waals surface area (Å²) in [4.78, 5) is 0. The molecule has 21 heavy (non-hydrogen) atoms. The normalized spacial score (nSPS) is 11.7. The summed E-state index contributed by atoms with van der Waals surface area (Å²) < 4.78 is 33.0. The van der Waals surface area contributed by atoms with E-state index in [0.29, 0.717) is 30.6 Å². The number of hydrogen-bond donors (Lipinski definition) is 1. The van der Waals surface area contributed by atoms with Crippen LogP contribution in [0.15, 0.2) is 18.2 Å². The second-order valence-electron chi connectivity index (χ2n) is 5.35. The Morgan fingerprint density at radius 2 is 1.95 bits per heavy atom. The van der Waals surface area contributed by atoms with E-state index in [1.165, 1.54) is 6.26 Å². The molecule has 0 aliphatic rings. The smallest absolute Gasteiger partial charge is 0.161 e. The summed E-state index contributed by atoms with van der Waals surface area (Å²) in [5, 5.41) is 3.34. The van der Waals surface area contributed by atoms with E-state index in [9.17, 15) is 8.42 Å². The number of nitrogens with one attached hydrogen (secondary N) is 1. The second kappa shape index (κ2) is 8.24. The van der Waals surface area contributed by atoms with E-state index in [2.05, 4.69) is 19.2 Å². The lowest BCUT2D eigenvalue weighted by Crippen LogP contribution is -2.21. The largest absolute Gasteiger partial charge is 0.493 e. The van der Waals surface area contributed by atoms with Crippen molar-refractivity contribution >= 4 is 9.84 Å². The van der Waals surface area contributed by atoms with Crippen LogP contribution in [0.25, 0.3) is 0 Å². The molecule has 6 heteroatoms. The maximum atomic E-state index is 11.1. The van der Waals surface area contributed by atoms with Crippen LogP contribution < -0.4 is 14.8 Å². The Balaban J connectivity index is 2.58. The van der Waals surface area contributed by atoms with E-state index in [0.717, 1.165) is 12.1 Å². The third-order valence-corrected chi connectivity index (χ3v) is 3.89. The minimum absolute atomic E-state index is 0.131. The van der Waals surface area contributed by atoms with Gasteiger partial charge < -0.3 is 14.8 Å². The predicted octanol–water partition coefficient (Wildman–Crippen LogP) is 2.01. The van der Waals surface area contributed by atoms with Gasteiger partial charge in [0.05, 0.1) is 19.5 Å². The molecule has 0 aliphatic carbocycles. The molecule has 0 bridgehead atoms. The van der Waals surface area contributed by atoms with Crippen LogP contribution in [0.3, 0.4) is 0 Å². The quantitative estimate of drug-likeness (QED) is 0.706. The van der Waals surface area contributed by atoms with E-state index in [1.54, 1.807) is 7.11 Å². The van der Waals surface area contributed by atoms with E-state index in [1.807, 2.05) is 18.2 Å². The van der Waals surface area contributed by atoms with Crippen LogP contribution >= 0.6 is 0 Å².